The Morgan fingerprint density at radius 2 is 1.80 bits per heavy atom. The highest BCUT2D eigenvalue weighted by molar-refractivity contribution is 6.33. The number of carboxylic acids is 1. The predicted octanol–water partition coefficient (Wildman–Crippen LogP) is 3.20. The molecule has 0 spiro atoms. The van der Waals surface area contributed by atoms with E-state index in [-0.39, 0.29) is 5.91 Å². The van der Waals surface area contributed by atoms with Gasteiger partial charge in [-0.3, -0.25) is 4.79 Å². The Morgan fingerprint density at radius 3 is 2.35 bits per heavy atom. The number of benzene rings is 1. The van der Waals surface area contributed by atoms with Crippen LogP contribution in [0.2, 0.25) is 5.02 Å². The van der Waals surface area contributed by atoms with Crippen LogP contribution in [0.3, 0.4) is 0 Å². The monoisotopic (exact) mass is 295 g/mol. The van der Waals surface area contributed by atoms with Crippen LogP contribution in [0.25, 0.3) is 0 Å². The molecule has 1 aliphatic rings. The van der Waals surface area contributed by atoms with Crippen LogP contribution in [0, 0.1) is 0 Å². The van der Waals surface area contributed by atoms with Gasteiger partial charge >= 0.3 is 5.97 Å². The third-order valence-corrected chi connectivity index (χ3v) is 4.46. The number of halogens is 1. The van der Waals surface area contributed by atoms with E-state index < -0.39 is 11.5 Å². The molecule has 0 aliphatic heterocycles. The van der Waals surface area contributed by atoms with Gasteiger partial charge in [0.05, 0.1) is 10.6 Å². The predicted molar refractivity (Wildman–Crippen MR) is 77.0 cm³/mol. The van der Waals surface area contributed by atoms with Crippen LogP contribution in [0.15, 0.2) is 24.3 Å². The Balaban J connectivity index is 2.33. The van der Waals surface area contributed by atoms with E-state index in [1.165, 1.54) is 4.90 Å². The molecule has 0 aromatic heterocycles. The van der Waals surface area contributed by atoms with Crippen molar-refractivity contribution < 1.29 is 14.7 Å². The molecule has 0 saturated heterocycles. The standard InChI is InChI=1S/C15H18ClNO3/c1-17(13(18)11-7-3-4-8-12(11)16)15(14(19)20)9-5-2-6-10-15/h3-4,7-8H,2,5-6,9-10H2,1H3,(H,19,20). The molecule has 2 rings (SSSR count). The molecule has 1 aromatic carbocycles. The van der Waals surface area contributed by atoms with Gasteiger partial charge in [0.15, 0.2) is 0 Å². The SMILES string of the molecule is CN(C(=O)c1ccccc1Cl)C1(C(=O)O)CCCCC1. The molecule has 0 atom stereocenters. The fraction of sp³-hybridized carbons (Fsp3) is 0.467. The lowest BCUT2D eigenvalue weighted by atomic mass is 9.80. The maximum absolute atomic E-state index is 12.6. The van der Waals surface area contributed by atoms with Gasteiger partial charge in [-0.15, -0.1) is 0 Å². The number of likely N-dealkylation sites (N-methyl/N-ethyl adjacent to an activating group) is 1. The molecule has 1 N–H and O–H groups in total. The molecule has 1 aliphatic carbocycles. The minimum Gasteiger partial charge on any atom is -0.479 e. The van der Waals surface area contributed by atoms with Crippen molar-refractivity contribution in [1.29, 1.82) is 0 Å². The molecular formula is C15H18ClNO3. The fourth-order valence-electron chi connectivity index (χ4n) is 2.84. The molecule has 20 heavy (non-hydrogen) atoms. The number of nitrogens with zero attached hydrogens (tertiary/aromatic N) is 1. The van der Waals surface area contributed by atoms with Crippen molar-refractivity contribution in [2.45, 2.75) is 37.6 Å². The second-order valence-electron chi connectivity index (χ2n) is 5.24. The zero-order valence-electron chi connectivity index (χ0n) is 11.4. The number of amides is 1. The summed E-state index contributed by atoms with van der Waals surface area (Å²) in [7, 11) is 1.56. The molecule has 1 amide bonds. The molecule has 1 fully saturated rings. The third-order valence-electron chi connectivity index (χ3n) is 4.13. The summed E-state index contributed by atoms with van der Waals surface area (Å²) >= 11 is 6.03. The number of carboxylic acid groups (broad SMARTS) is 1. The zero-order valence-corrected chi connectivity index (χ0v) is 12.2. The molecule has 0 radical (unpaired) electrons. The van der Waals surface area contributed by atoms with E-state index in [4.69, 9.17) is 11.6 Å². The van der Waals surface area contributed by atoms with Gasteiger partial charge in [-0.25, -0.2) is 4.79 Å². The largest absolute Gasteiger partial charge is 0.479 e. The molecule has 5 heteroatoms. The van der Waals surface area contributed by atoms with E-state index >= 15 is 0 Å². The molecule has 4 nitrogen and oxygen atoms in total. The lowest BCUT2D eigenvalue weighted by Crippen LogP contribution is -2.56. The fourth-order valence-corrected chi connectivity index (χ4v) is 3.06. The summed E-state index contributed by atoms with van der Waals surface area (Å²) < 4.78 is 0. The Kier molecular flexibility index (Phi) is 4.33. The highest BCUT2D eigenvalue weighted by Gasteiger charge is 2.45. The molecule has 1 saturated carbocycles. The molecule has 1 aromatic rings. The Labute approximate surface area is 123 Å². The minimum atomic E-state index is -1.10. The first kappa shape index (κ1) is 14.9. The summed E-state index contributed by atoms with van der Waals surface area (Å²) in [6.07, 6.45) is 3.66. The molecular weight excluding hydrogens is 278 g/mol. The van der Waals surface area contributed by atoms with Crippen molar-refractivity contribution in [2.75, 3.05) is 7.05 Å². The normalized spacial score (nSPS) is 17.5. The van der Waals surface area contributed by atoms with Crippen molar-refractivity contribution in [3.8, 4) is 0 Å². The average molecular weight is 296 g/mol. The maximum Gasteiger partial charge on any atom is 0.329 e. The van der Waals surface area contributed by atoms with Crippen molar-refractivity contribution in [3.63, 3.8) is 0 Å². The zero-order chi connectivity index (χ0) is 14.8. The van der Waals surface area contributed by atoms with Crippen molar-refractivity contribution >= 4 is 23.5 Å². The summed E-state index contributed by atoms with van der Waals surface area (Å²) in [5, 5.41) is 9.95. The van der Waals surface area contributed by atoms with Crippen LogP contribution in [-0.4, -0.2) is 34.5 Å². The number of hydrogen-bond donors (Lipinski definition) is 1. The number of carbonyl (C=O) groups is 2. The first-order valence-corrected chi connectivity index (χ1v) is 7.13. The van der Waals surface area contributed by atoms with Gasteiger partial charge in [-0.1, -0.05) is 43.0 Å². The molecule has 108 valence electrons. The third kappa shape index (κ3) is 2.52. The average Bonchev–Trinajstić information content (AvgIpc) is 2.47. The van der Waals surface area contributed by atoms with Gasteiger partial charge in [0.1, 0.15) is 5.54 Å². The van der Waals surface area contributed by atoms with Gasteiger partial charge in [-0.05, 0) is 25.0 Å². The van der Waals surface area contributed by atoms with E-state index in [0.29, 0.717) is 23.4 Å². The summed E-state index contributed by atoms with van der Waals surface area (Å²) in [6, 6.07) is 6.73. The lowest BCUT2D eigenvalue weighted by molar-refractivity contribution is -0.151. The smallest absolute Gasteiger partial charge is 0.329 e. The van der Waals surface area contributed by atoms with Gasteiger partial charge in [-0.2, -0.15) is 0 Å². The summed E-state index contributed by atoms with van der Waals surface area (Å²) in [5.74, 6) is -1.26. The highest BCUT2D eigenvalue weighted by atomic mass is 35.5. The second-order valence-corrected chi connectivity index (χ2v) is 5.65. The van der Waals surface area contributed by atoms with Crippen LogP contribution in [-0.2, 0) is 4.79 Å². The summed E-state index contributed by atoms with van der Waals surface area (Å²) in [6.45, 7) is 0. The number of aliphatic carboxylic acids is 1. The van der Waals surface area contributed by atoms with Crippen LogP contribution in [0.4, 0.5) is 0 Å². The highest BCUT2D eigenvalue weighted by Crippen LogP contribution is 2.34. The Hall–Kier alpha value is -1.55. The van der Waals surface area contributed by atoms with Crippen LogP contribution in [0.5, 0.6) is 0 Å². The number of hydrogen-bond acceptors (Lipinski definition) is 2. The lowest BCUT2D eigenvalue weighted by Gasteiger charge is -2.41. The number of carbonyl (C=O) groups excluding carboxylic acids is 1. The van der Waals surface area contributed by atoms with E-state index in [2.05, 4.69) is 0 Å². The Morgan fingerprint density at radius 1 is 1.20 bits per heavy atom. The first-order chi connectivity index (χ1) is 9.49. The first-order valence-electron chi connectivity index (χ1n) is 6.75. The molecule has 0 unspecified atom stereocenters. The van der Waals surface area contributed by atoms with Crippen molar-refractivity contribution in [3.05, 3.63) is 34.9 Å². The van der Waals surface area contributed by atoms with Gasteiger partial charge in [0, 0.05) is 7.05 Å². The van der Waals surface area contributed by atoms with Crippen LogP contribution >= 0.6 is 11.6 Å². The Bertz CT molecular complexity index is 524. The van der Waals surface area contributed by atoms with E-state index in [1.807, 2.05) is 0 Å². The number of rotatable bonds is 3. The minimum absolute atomic E-state index is 0.333. The van der Waals surface area contributed by atoms with E-state index in [1.54, 1.807) is 31.3 Å². The molecule has 0 bridgehead atoms. The summed E-state index contributed by atoms with van der Waals surface area (Å²) in [4.78, 5) is 25.6. The summed E-state index contributed by atoms with van der Waals surface area (Å²) in [5.41, 5.74) is -0.753. The van der Waals surface area contributed by atoms with Gasteiger partial charge < -0.3 is 10.0 Å². The van der Waals surface area contributed by atoms with Crippen molar-refractivity contribution in [2.24, 2.45) is 0 Å². The second kappa shape index (κ2) is 5.83. The maximum atomic E-state index is 12.6. The van der Waals surface area contributed by atoms with Gasteiger partial charge in [0.25, 0.3) is 5.91 Å². The quantitative estimate of drug-likeness (QED) is 0.931. The van der Waals surface area contributed by atoms with Crippen LogP contribution in [0.1, 0.15) is 42.5 Å². The van der Waals surface area contributed by atoms with E-state index in [9.17, 15) is 14.7 Å². The van der Waals surface area contributed by atoms with E-state index in [0.717, 1.165) is 19.3 Å². The van der Waals surface area contributed by atoms with Gasteiger partial charge in [0.2, 0.25) is 0 Å². The topological polar surface area (TPSA) is 57.6 Å². The van der Waals surface area contributed by atoms with Crippen molar-refractivity contribution in [1.82, 2.24) is 4.90 Å². The molecule has 0 heterocycles. The van der Waals surface area contributed by atoms with Crippen LogP contribution < -0.4 is 0 Å².